The zero-order valence-electron chi connectivity index (χ0n) is 31.7. The fourth-order valence-corrected chi connectivity index (χ4v) is 7.38. The Hall–Kier alpha value is -5.66. The summed E-state index contributed by atoms with van der Waals surface area (Å²) in [4.78, 5) is 70.7. The summed E-state index contributed by atoms with van der Waals surface area (Å²) in [5.41, 5.74) is 5.78. The van der Waals surface area contributed by atoms with Gasteiger partial charge in [-0.3, -0.25) is 9.59 Å². The van der Waals surface area contributed by atoms with Crippen LogP contribution < -0.4 is 10.6 Å². The Kier molecular flexibility index (Phi) is 11.7. The molecule has 0 aliphatic carbocycles. The quantitative estimate of drug-likeness (QED) is 0.140. The van der Waals surface area contributed by atoms with Gasteiger partial charge in [0.2, 0.25) is 11.8 Å². The number of benzene rings is 2. The first-order chi connectivity index (χ1) is 26.0. The molecule has 4 N–H and O–H groups in total. The maximum atomic E-state index is 13.5. The van der Waals surface area contributed by atoms with E-state index in [1.807, 2.05) is 52.0 Å². The average molecular weight is 739 g/mol. The molecule has 0 radical (unpaired) electrons. The summed E-state index contributed by atoms with van der Waals surface area (Å²) in [6, 6.07) is 14.7. The molecule has 54 heavy (non-hydrogen) atoms. The second kappa shape index (κ2) is 16.6. The van der Waals surface area contributed by atoms with Gasteiger partial charge in [-0.05, 0) is 59.8 Å². The SMILES string of the molecule is COC(=O)N[C@@H](C(=O)N1CCC[C@@H]1c1ncc(-c2ccc(-c3ccc(-c4cnc([C@H]5CCCN5C(=O)[C@H](NC(=O)OC)C(C)C)[nH]4)cc3)cc2)[nH]1)C(C)C. The normalized spacial score (nSPS) is 18.1. The van der Waals surface area contributed by atoms with Gasteiger partial charge in [-0.15, -0.1) is 0 Å². The number of nitrogens with zero attached hydrogens (tertiary/aromatic N) is 4. The number of amides is 4. The second-order valence-corrected chi connectivity index (χ2v) is 14.6. The number of ether oxygens (including phenoxy) is 2. The number of nitrogens with one attached hydrogen (secondary N) is 4. The molecule has 2 aliphatic rings. The van der Waals surface area contributed by atoms with Crippen LogP contribution in [0.5, 0.6) is 0 Å². The standard InChI is InChI=1S/C40H50N8O6/c1-23(2)33(45-39(51)53-5)37(49)47-19-7-9-31(47)35-41-21-29(43-35)27-15-11-25(12-16-27)26-13-17-28(18-14-26)30-22-42-36(44-30)32-10-8-20-48(32)38(50)34(24(3)4)46-40(52)54-6/h11-18,21-24,31-34H,7-10,19-20H2,1-6H3,(H,41,43)(H,42,44)(H,45,51)(H,46,52)/t31-,32-,33-,34-/m1/s1. The number of rotatable bonds is 11. The van der Waals surface area contributed by atoms with Gasteiger partial charge in [-0.2, -0.15) is 0 Å². The summed E-state index contributed by atoms with van der Waals surface area (Å²) in [5, 5.41) is 5.38. The van der Waals surface area contributed by atoms with Gasteiger partial charge in [-0.1, -0.05) is 76.2 Å². The lowest BCUT2D eigenvalue weighted by Gasteiger charge is -2.30. The zero-order valence-corrected chi connectivity index (χ0v) is 31.7. The summed E-state index contributed by atoms with van der Waals surface area (Å²) in [7, 11) is 2.58. The third-order valence-electron chi connectivity index (χ3n) is 10.4. The lowest BCUT2D eigenvalue weighted by Crippen LogP contribution is -2.51. The van der Waals surface area contributed by atoms with Gasteiger partial charge >= 0.3 is 12.2 Å². The monoisotopic (exact) mass is 738 g/mol. The molecule has 286 valence electrons. The molecular weight excluding hydrogens is 688 g/mol. The molecule has 4 heterocycles. The number of aromatic amines is 2. The number of aromatic nitrogens is 4. The van der Waals surface area contributed by atoms with Crippen molar-refractivity contribution >= 4 is 24.0 Å². The smallest absolute Gasteiger partial charge is 0.407 e. The third kappa shape index (κ3) is 8.12. The number of carbonyl (C=O) groups is 4. The highest BCUT2D eigenvalue weighted by Crippen LogP contribution is 2.35. The van der Waals surface area contributed by atoms with Crippen molar-refractivity contribution in [3.63, 3.8) is 0 Å². The molecule has 14 nitrogen and oxygen atoms in total. The maximum Gasteiger partial charge on any atom is 0.407 e. The number of imidazole rings is 2. The number of hydrogen-bond acceptors (Lipinski definition) is 8. The molecule has 2 aromatic carbocycles. The van der Waals surface area contributed by atoms with Crippen molar-refractivity contribution in [3.05, 3.63) is 72.6 Å². The fourth-order valence-electron chi connectivity index (χ4n) is 7.38. The first-order valence-corrected chi connectivity index (χ1v) is 18.6. The van der Waals surface area contributed by atoms with Crippen LogP contribution in [0.25, 0.3) is 33.6 Å². The first-order valence-electron chi connectivity index (χ1n) is 18.6. The zero-order chi connectivity index (χ0) is 38.5. The topological polar surface area (TPSA) is 175 Å². The highest BCUT2D eigenvalue weighted by molar-refractivity contribution is 5.87. The number of H-pyrrole nitrogens is 2. The largest absolute Gasteiger partial charge is 0.453 e. The average Bonchev–Trinajstić information content (AvgIpc) is 4.02. The van der Waals surface area contributed by atoms with Gasteiger partial charge in [0.05, 0.1) is 50.1 Å². The van der Waals surface area contributed by atoms with E-state index in [4.69, 9.17) is 9.47 Å². The summed E-state index contributed by atoms with van der Waals surface area (Å²) < 4.78 is 9.50. The van der Waals surface area contributed by atoms with Crippen molar-refractivity contribution in [1.29, 1.82) is 0 Å². The second-order valence-electron chi connectivity index (χ2n) is 14.6. The van der Waals surface area contributed by atoms with Crippen molar-refractivity contribution in [2.24, 2.45) is 11.8 Å². The molecule has 6 rings (SSSR count). The van der Waals surface area contributed by atoms with Crippen LogP contribution in [0.15, 0.2) is 60.9 Å². The van der Waals surface area contributed by atoms with Crippen molar-refractivity contribution in [2.75, 3.05) is 27.3 Å². The van der Waals surface area contributed by atoms with E-state index in [9.17, 15) is 19.2 Å². The van der Waals surface area contributed by atoms with E-state index in [1.165, 1.54) is 14.2 Å². The van der Waals surface area contributed by atoms with Gasteiger partial charge in [0.15, 0.2) is 0 Å². The van der Waals surface area contributed by atoms with E-state index < -0.39 is 24.3 Å². The minimum atomic E-state index is -0.687. The summed E-state index contributed by atoms with van der Waals surface area (Å²) in [6.45, 7) is 8.78. The number of hydrogen-bond donors (Lipinski definition) is 4. The van der Waals surface area contributed by atoms with E-state index in [0.29, 0.717) is 13.1 Å². The van der Waals surface area contributed by atoms with Crippen molar-refractivity contribution < 1.29 is 28.7 Å². The van der Waals surface area contributed by atoms with Crippen LogP contribution in [0, 0.1) is 11.8 Å². The van der Waals surface area contributed by atoms with Gasteiger partial charge in [0, 0.05) is 13.1 Å². The van der Waals surface area contributed by atoms with Crippen molar-refractivity contribution in [3.8, 4) is 33.6 Å². The van der Waals surface area contributed by atoms with Gasteiger partial charge in [0.25, 0.3) is 0 Å². The molecule has 0 spiro atoms. The molecule has 2 fully saturated rings. The molecular formula is C40H50N8O6. The first kappa shape index (κ1) is 38.1. The summed E-state index contributed by atoms with van der Waals surface area (Å²) in [5.74, 6) is 0.955. The van der Waals surface area contributed by atoms with E-state index >= 15 is 0 Å². The molecule has 2 saturated heterocycles. The van der Waals surface area contributed by atoms with Crippen molar-refractivity contribution in [2.45, 2.75) is 77.5 Å². The van der Waals surface area contributed by atoms with Crippen LogP contribution in [0.2, 0.25) is 0 Å². The molecule has 4 atom stereocenters. The van der Waals surface area contributed by atoms with Crippen LogP contribution >= 0.6 is 0 Å². The van der Waals surface area contributed by atoms with Crippen LogP contribution in [-0.2, 0) is 19.1 Å². The Bertz CT molecular complexity index is 1800. The molecule has 0 unspecified atom stereocenters. The molecule has 0 bridgehead atoms. The Balaban J connectivity index is 1.11. The van der Waals surface area contributed by atoms with Crippen LogP contribution in [-0.4, -0.2) is 93.1 Å². The predicted molar refractivity (Wildman–Crippen MR) is 203 cm³/mol. The molecule has 2 aliphatic heterocycles. The number of carbonyl (C=O) groups excluding carboxylic acids is 4. The Morgan fingerprint density at radius 3 is 1.31 bits per heavy atom. The van der Waals surface area contributed by atoms with E-state index in [1.54, 1.807) is 22.2 Å². The van der Waals surface area contributed by atoms with Crippen LogP contribution in [0.4, 0.5) is 9.59 Å². The Morgan fingerprint density at radius 2 is 0.981 bits per heavy atom. The minimum absolute atomic E-state index is 0.104. The van der Waals surface area contributed by atoms with Gasteiger partial charge < -0.3 is 39.9 Å². The van der Waals surface area contributed by atoms with Crippen LogP contribution in [0.1, 0.15) is 77.1 Å². The van der Waals surface area contributed by atoms with Gasteiger partial charge in [0.1, 0.15) is 23.7 Å². The highest BCUT2D eigenvalue weighted by Gasteiger charge is 2.39. The van der Waals surface area contributed by atoms with E-state index in [-0.39, 0.29) is 35.7 Å². The minimum Gasteiger partial charge on any atom is -0.453 e. The van der Waals surface area contributed by atoms with Gasteiger partial charge in [-0.25, -0.2) is 19.6 Å². The lowest BCUT2D eigenvalue weighted by molar-refractivity contribution is -0.136. The van der Waals surface area contributed by atoms with Crippen molar-refractivity contribution in [1.82, 2.24) is 40.4 Å². The predicted octanol–water partition coefficient (Wildman–Crippen LogP) is 6.22. The molecule has 4 aromatic rings. The van der Waals surface area contributed by atoms with Crippen LogP contribution in [0.3, 0.4) is 0 Å². The third-order valence-corrected chi connectivity index (χ3v) is 10.4. The lowest BCUT2D eigenvalue weighted by atomic mass is 10.0. The maximum absolute atomic E-state index is 13.5. The molecule has 2 aromatic heterocycles. The molecule has 14 heteroatoms. The fraction of sp³-hybridized carbons (Fsp3) is 0.450. The molecule has 0 saturated carbocycles. The highest BCUT2D eigenvalue weighted by atomic mass is 16.5. The number of alkyl carbamates (subject to hydrolysis) is 2. The number of methoxy groups -OCH3 is 2. The summed E-state index contributed by atoms with van der Waals surface area (Å²) >= 11 is 0. The van der Waals surface area contributed by atoms with E-state index in [2.05, 4.69) is 54.8 Å². The summed E-state index contributed by atoms with van der Waals surface area (Å²) in [6.07, 6.45) is 5.61. The Labute approximate surface area is 315 Å². The number of likely N-dealkylation sites (tertiary alicyclic amines) is 2. The molecule has 4 amide bonds. The van der Waals surface area contributed by atoms with E-state index in [0.717, 1.165) is 71.0 Å². The Morgan fingerprint density at radius 1 is 0.630 bits per heavy atom.